The van der Waals surface area contributed by atoms with Crippen molar-refractivity contribution >= 4 is 29.4 Å². The third-order valence-electron chi connectivity index (χ3n) is 4.41. The quantitative estimate of drug-likeness (QED) is 0.846. The van der Waals surface area contributed by atoms with Gasteiger partial charge in [-0.15, -0.1) is 0 Å². The van der Waals surface area contributed by atoms with Crippen LogP contribution in [0.5, 0.6) is 0 Å². The molecule has 3 rings (SSSR count). The number of benzene rings is 1. The fourth-order valence-corrected chi connectivity index (χ4v) is 3.44. The summed E-state index contributed by atoms with van der Waals surface area (Å²) in [7, 11) is 0. The lowest BCUT2D eigenvalue weighted by Crippen LogP contribution is -2.53. The summed E-state index contributed by atoms with van der Waals surface area (Å²) in [5.74, 6) is -0.968. The van der Waals surface area contributed by atoms with Crippen molar-refractivity contribution < 1.29 is 19.1 Å². The Morgan fingerprint density at radius 1 is 1.35 bits per heavy atom. The van der Waals surface area contributed by atoms with Gasteiger partial charge in [0.2, 0.25) is 5.91 Å². The van der Waals surface area contributed by atoms with Crippen molar-refractivity contribution in [3.63, 3.8) is 0 Å². The van der Waals surface area contributed by atoms with Crippen molar-refractivity contribution in [3.8, 4) is 0 Å². The molecule has 2 aliphatic heterocycles. The Morgan fingerprint density at radius 2 is 2.17 bits per heavy atom. The molecule has 0 radical (unpaired) electrons. The molecular weight excluding hydrogens is 320 g/mol. The van der Waals surface area contributed by atoms with E-state index >= 15 is 0 Å². The van der Waals surface area contributed by atoms with E-state index in [1.807, 2.05) is 0 Å². The Labute approximate surface area is 138 Å². The zero-order valence-corrected chi connectivity index (χ0v) is 13.3. The summed E-state index contributed by atoms with van der Waals surface area (Å²) in [6.07, 6.45) is 1.92. The molecular formula is C16H17ClN2O4. The van der Waals surface area contributed by atoms with Gasteiger partial charge in [-0.25, -0.2) is 4.79 Å². The number of carbonyl (C=O) groups excluding carboxylic acids is 3. The highest BCUT2D eigenvalue weighted by molar-refractivity contribution is 6.31. The number of cyclic esters (lactones) is 1. The summed E-state index contributed by atoms with van der Waals surface area (Å²) >= 11 is 5.85. The summed E-state index contributed by atoms with van der Waals surface area (Å²) < 4.78 is 5.04. The number of esters is 1. The van der Waals surface area contributed by atoms with Crippen LogP contribution in [0.25, 0.3) is 0 Å². The number of nitrogens with one attached hydrogen (secondary N) is 1. The van der Waals surface area contributed by atoms with E-state index in [0.29, 0.717) is 36.6 Å². The fourth-order valence-electron chi connectivity index (χ4n) is 3.25. The Balaban J connectivity index is 1.63. The van der Waals surface area contributed by atoms with Gasteiger partial charge in [-0.3, -0.25) is 9.59 Å². The number of halogens is 1. The lowest BCUT2D eigenvalue weighted by atomic mass is 9.94. The summed E-state index contributed by atoms with van der Waals surface area (Å²) in [6, 6.07) is 6.50. The highest BCUT2D eigenvalue weighted by Crippen LogP contribution is 2.37. The molecule has 122 valence electrons. The maximum absolute atomic E-state index is 12.4. The van der Waals surface area contributed by atoms with E-state index in [0.717, 1.165) is 6.42 Å². The molecule has 0 aromatic heterocycles. The lowest BCUT2D eigenvalue weighted by molar-refractivity contribution is -0.152. The predicted octanol–water partition coefficient (Wildman–Crippen LogP) is 1.38. The third kappa shape index (κ3) is 2.91. The van der Waals surface area contributed by atoms with Crippen molar-refractivity contribution in [1.82, 2.24) is 10.2 Å². The number of likely N-dealkylation sites (tertiary alicyclic amines) is 1. The Bertz CT molecular complexity index is 659. The first-order valence-corrected chi connectivity index (χ1v) is 7.92. The Morgan fingerprint density at radius 3 is 2.87 bits per heavy atom. The maximum Gasteiger partial charge on any atom is 0.332 e. The minimum absolute atomic E-state index is 0.152. The van der Waals surface area contributed by atoms with Crippen LogP contribution in [0.15, 0.2) is 24.3 Å². The molecule has 23 heavy (non-hydrogen) atoms. The minimum atomic E-state index is -0.822. The van der Waals surface area contributed by atoms with E-state index in [2.05, 4.69) is 5.32 Å². The zero-order valence-electron chi connectivity index (χ0n) is 12.5. The largest absolute Gasteiger partial charge is 0.464 e. The Hall–Kier alpha value is -2.08. The van der Waals surface area contributed by atoms with Gasteiger partial charge in [0.1, 0.15) is 5.54 Å². The van der Waals surface area contributed by atoms with Crippen LogP contribution in [0.1, 0.15) is 29.6 Å². The molecule has 1 N–H and O–H groups in total. The van der Waals surface area contributed by atoms with E-state index in [1.165, 1.54) is 6.07 Å². The van der Waals surface area contributed by atoms with Crippen molar-refractivity contribution in [2.45, 2.75) is 24.8 Å². The topological polar surface area (TPSA) is 75.7 Å². The highest BCUT2D eigenvalue weighted by Gasteiger charge is 2.53. The second-order valence-electron chi connectivity index (χ2n) is 5.76. The van der Waals surface area contributed by atoms with Gasteiger partial charge in [-0.1, -0.05) is 17.7 Å². The van der Waals surface area contributed by atoms with Crippen molar-refractivity contribution in [2.75, 3.05) is 19.7 Å². The van der Waals surface area contributed by atoms with Gasteiger partial charge in [0.15, 0.2) is 0 Å². The molecule has 2 amide bonds. The van der Waals surface area contributed by atoms with Gasteiger partial charge in [-0.2, -0.15) is 0 Å². The minimum Gasteiger partial charge on any atom is -0.464 e. The lowest BCUT2D eigenvalue weighted by Gasteiger charge is -2.31. The van der Waals surface area contributed by atoms with E-state index in [4.69, 9.17) is 16.3 Å². The number of carbonyl (C=O) groups is 3. The molecule has 2 heterocycles. The third-order valence-corrected chi connectivity index (χ3v) is 4.64. The highest BCUT2D eigenvalue weighted by atomic mass is 35.5. The van der Waals surface area contributed by atoms with Crippen molar-refractivity contribution in [3.05, 3.63) is 34.9 Å². The van der Waals surface area contributed by atoms with Crippen LogP contribution in [0.4, 0.5) is 0 Å². The van der Waals surface area contributed by atoms with Crippen LogP contribution in [-0.4, -0.2) is 47.9 Å². The molecule has 1 spiro atoms. The number of hydrogen-bond acceptors (Lipinski definition) is 4. The van der Waals surface area contributed by atoms with Crippen LogP contribution in [-0.2, 0) is 14.3 Å². The molecule has 0 aliphatic carbocycles. The summed E-state index contributed by atoms with van der Waals surface area (Å²) in [5.41, 5.74) is -0.431. The molecule has 7 heteroatoms. The van der Waals surface area contributed by atoms with Crippen LogP contribution in [0, 0.1) is 0 Å². The van der Waals surface area contributed by atoms with Crippen LogP contribution < -0.4 is 5.32 Å². The molecule has 6 nitrogen and oxygen atoms in total. The van der Waals surface area contributed by atoms with Crippen LogP contribution in [0.2, 0.25) is 5.02 Å². The molecule has 0 saturated carbocycles. The van der Waals surface area contributed by atoms with E-state index in [9.17, 15) is 14.4 Å². The number of nitrogens with zero attached hydrogens (tertiary/aromatic N) is 1. The second kappa shape index (κ2) is 6.20. The molecule has 2 saturated heterocycles. The zero-order chi connectivity index (χ0) is 16.4. The monoisotopic (exact) mass is 336 g/mol. The van der Waals surface area contributed by atoms with Crippen molar-refractivity contribution in [2.24, 2.45) is 0 Å². The average molecular weight is 337 g/mol. The average Bonchev–Trinajstić information content (AvgIpc) is 3.12. The van der Waals surface area contributed by atoms with E-state index < -0.39 is 5.54 Å². The SMILES string of the molecule is O=C(NCC(=O)N1CCCC12CCOC2=O)c1cccc(Cl)c1. The van der Waals surface area contributed by atoms with Crippen molar-refractivity contribution in [1.29, 1.82) is 0 Å². The van der Waals surface area contributed by atoms with E-state index in [1.54, 1.807) is 23.1 Å². The molecule has 2 aliphatic rings. The first kappa shape index (κ1) is 15.8. The number of hydrogen-bond donors (Lipinski definition) is 1. The first-order valence-electron chi connectivity index (χ1n) is 7.54. The molecule has 1 atom stereocenters. The van der Waals surface area contributed by atoms with Gasteiger partial charge < -0.3 is 15.0 Å². The molecule has 1 aromatic rings. The molecule has 1 unspecified atom stereocenters. The van der Waals surface area contributed by atoms with Crippen LogP contribution in [0.3, 0.4) is 0 Å². The van der Waals surface area contributed by atoms with Gasteiger partial charge in [0.25, 0.3) is 5.91 Å². The van der Waals surface area contributed by atoms with Gasteiger partial charge in [-0.05, 0) is 31.0 Å². The predicted molar refractivity (Wildman–Crippen MR) is 83.0 cm³/mol. The molecule has 0 bridgehead atoms. The maximum atomic E-state index is 12.4. The summed E-state index contributed by atoms with van der Waals surface area (Å²) in [6.45, 7) is 0.707. The smallest absolute Gasteiger partial charge is 0.332 e. The van der Waals surface area contributed by atoms with Crippen LogP contribution >= 0.6 is 11.6 Å². The molecule has 2 fully saturated rings. The van der Waals surface area contributed by atoms with Gasteiger partial charge in [0, 0.05) is 23.6 Å². The number of rotatable bonds is 3. The number of ether oxygens (including phenoxy) is 1. The normalized spacial score (nSPS) is 23.2. The van der Waals surface area contributed by atoms with Gasteiger partial charge >= 0.3 is 5.97 Å². The second-order valence-corrected chi connectivity index (χ2v) is 6.20. The summed E-state index contributed by atoms with van der Waals surface area (Å²) in [5, 5.41) is 3.04. The first-order chi connectivity index (χ1) is 11.0. The Kier molecular flexibility index (Phi) is 4.26. The van der Waals surface area contributed by atoms with E-state index in [-0.39, 0.29) is 24.3 Å². The molecule has 1 aromatic carbocycles. The fraction of sp³-hybridized carbons (Fsp3) is 0.438. The standard InChI is InChI=1S/C16H17ClN2O4/c17-12-4-1-3-11(9-12)14(21)18-10-13(20)19-7-2-5-16(19)6-8-23-15(16)22/h1,3-4,9H,2,5-8,10H2,(H,18,21). The van der Waals surface area contributed by atoms with Gasteiger partial charge in [0.05, 0.1) is 13.2 Å². The summed E-state index contributed by atoms with van der Waals surface area (Å²) in [4.78, 5) is 38.0. The number of amides is 2.